The number of aryl methyl sites for hydroxylation is 1. The van der Waals surface area contributed by atoms with Crippen LogP contribution in [-0.4, -0.2) is 62.8 Å². The van der Waals surface area contributed by atoms with E-state index in [9.17, 15) is 19.2 Å². The van der Waals surface area contributed by atoms with Crippen molar-refractivity contribution in [2.24, 2.45) is 7.05 Å². The number of piperidine rings is 2. The second-order valence-electron chi connectivity index (χ2n) is 11.5. The number of para-hydroxylation sites is 1. The van der Waals surface area contributed by atoms with Gasteiger partial charge in [-0.3, -0.25) is 24.0 Å². The Balaban J connectivity index is 1.22. The molecular weight excluding hydrogens is 476 g/mol. The summed E-state index contributed by atoms with van der Waals surface area (Å²) in [5, 5.41) is 2.36. The van der Waals surface area contributed by atoms with Crippen molar-refractivity contribution in [1.82, 2.24) is 19.4 Å². The number of carbonyl (C=O) groups excluding carboxylic acids is 3. The smallest absolute Gasteiger partial charge is 0.410 e. The van der Waals surface area contributed by atoms with E-state index in [4.69, 9.17) is 9.47 Å². The quantitative estimate of drug-likeness (QED) is 0.631. The molecule has 0 unspecified atom stereocenters. The van der Waals surface area contributed by atoms with E-state index in [1.54, 1.807) is 16.5 Å². The molecule has 1 N–H and O–H groups in total. The first kappa shape index (κ1) is 25.5. The fourth-order valence-corrected chi connectivity index (χ4v) is 5.73. The van der Waals surface area contributed by atoms with Gasteiger partial charge in [-0.05, 0) is 70.4 Å². The molecule has 2 aromatic rings. The molecule has 1 aliphatic carbocycles. The molecule has 10 nitrogen and oxygen atoms in total. The van der Waals surface area contributed by atoms with Crippen molar-refractivity contribution in [3.8, 4) is 0 Å². The van der Waals surface area contributed by atoms with Crippen LogP contribution in [0.4, 0.5) is 4.79 Å². The number of amides is 3. The highest BCUT2D eigenvalue weighted by molar-refractivity contribution is 6.00. The number of likely N-dealkylation sites (tertiary alicyclic amines) is 1. The van der Waals surface area contributed by atoms with Crippen LogP contribution >= 0.6 is 0 Å². The largest absolute Gasteiger partial charge is 0.444 e. The highest BCUT2D eigenvalue weighted by Crippen LogP contribution is 2.42. The van der Waals surface area contributed by atoms with E-state index in [2.05, 4.69) is 11.4 Å². The fraction of sp³-hybridized carbons (Fsp3) is 0.630. The van der Waals surface area contributed by atoms with Crippen LogP contribution in [0.5, 0.6) is 0 Å². The Kier molecular flexibility index (Phi) is 6.64. The van der Waals surface area contributed by atoms with E-state index < -0.39 is 17.6 Å². The van der Waals surface area contributed by atoms with Crippen molar-refractivity contribution in [2.45, 2.75) is 89.1 Å². The summed E-state index contributed by atoms with van der Waals surface area (Å²) in [4.78, 5) is 51.3. The average Bonchev–Trinajstić information content (AvgIpc) is 3.06. The van der Waals surface area contributed by atoms with Crippen molar-refractivity contribution in [2.75, 3.05) is 13.1 Å². The third-order valence-electron chi connectivity index (χ3n) is 7.67. The lowest BCUT2D eigenvalue weighted by molar-refractivity contribution is -0.135. The van der Waals surface area contributed by atoms with Gasteiger partial charge in [-0.15, -0.1) is 0 Å². The van der Waals surface area contributed by atoms with Gasteiger partial charge >= 0.3 is 11.8 Å². The number of ether oxygens (including phenoxy) is 2. The number of nitrogens with one attached hydrogen (secondary N) is 1. The molecule has 0 radical (unpaired) electrons. The molecule has 1 saturated carbocycles. The van der Waals surface area contributed by atoms with Gasteiger partial charge in [0.05, 0.1) is 23.2 Å². The summed E-state index contributed by atoms with van der Waals surface area (Å²) in [6, 6.07) is 5.17. The number of aromatic nitrogens is 2. The number of fused-ring (bicyclic) bond motifs is 1. The van der Waals surface area contributed by atoms with E-state index in [0.29, 0.717) is 19.5 Å². The summed E-state index contributed by atoms with van der Waals surface area (Å²) in [7, 11) is 1.74. The first-order valence-electron chi connectivity index (χ1n) is 13.2. The van der Waals surface area contributed by atoms with Gasteiger partial charge in [-0.25, -0.2) is 9.59 Å². The van der Waals surface area contributed by atoms with Crippen LogP contribution in [0.2, 0.25) is 0 Å². The lowest BCUT2D eigenvalue weighted by atomic mass is 9.77. The van der Waals surface area contributed by atoms with Gasteiger partial charge in [0.25, 0.3) is 0 Å². The molecule has 10 heteroatoms. The van der Waals surface area contributed by atoms with Crippen molar-refractivity contribution >= 4 is 28.9 Å². The maximum absolute atomic E-state index is 13.2. The highest BCUT2D eigenvalue weighted by Gasteiger charge is 2.37. The molecular formula is C27H36N4O6. The van der Waals surface area contributed by atoms with Gasteiger partial charge < -0.3 is 14.4 Å². The van der Waals surface area contributed by atoms with Crippen LogP contribution in [0, 0.1) is 0 Å². The molecule has 0 spiro atoms. The number of nitrogens with zero attached hydrogens (tertiary/aromatic N) is 3. The topological polar surface area (TPSA) is 112 Å². The van der Waals surface area contributed by atoms with E-state index in [0.717, 1.165) is 42.3 Å². The van der Waals surface area contributed by atoms with E-state index >= 15 is 0 Å². The van der Waals surface area contributed by atoms with Gasteiger partial charge in [0.2, 0.25) is 11.8 Å². The minimum atomic E-state index is -0.687. The highest BCUT2D eigenvalue weighted by atomic mass is 16.6. The zero-order valence-corrected chi connectivity index (χ0v) is 22.0. The van der Waals surface area contributed by atoms with Crippen LogP contribution in [-0.2, 0) is 26.1 Å². The molecule has 3 amide bonds. The minimum Gasteiger partial charge on any atom is -0.444 e. The monoisotopic (exact) mass is 512 g/mol. The lowest BCUT2D eigenvalue weighted by Crippen LogP contribution is -2.45. The molecule has 2 aliphatic heterocycles. The normalized spacial score (nSPS) is 25.2. The molecule has 2 saturated heterocycles. The van der Waals surface area contributed by atoms with Crippen LogP contribution in [0.3, 0.4) is 0 Å². The van der Waals surface area contributed by atoms with Crippen molar-refractivity contribution in [3.63, 3.8) is 0 Å². The molecule has 3 aliphatic rings. The van der Waals surface area contributed by atoms with Crippen molar-refractivity contribution in [3.05, 3.63) is 34.2 Å². The zero-order chi connectivity index (χ0) is 26.5. The molecule has 5 rings (SSSR count). The predicted molar refractivity (Wildman–Crippen MR) is 136 cm³/mol. The van der Waals surface area contributed by atoms with Crippen LogP contribution in [0.15, 0.2) is 23.0 Å². The Morgan fingerprint density at radius 3 is 2.38 bits per heavy atom. The van der Waals surface area contributed by atoms with Crippen LogP contribution in [0.25, 0.3) is 11.0 Å². The predicted octanol–water partition coefficient (Wildman–Crippen LogP) is 2.98. The second-order valence-corrected chi connectivity index (χ2v) is 11.5. The SMILES string of the molecule is Cn1c(=O)n([C@@H]2CCC(=O)NC2=O)c2cccc(C3CC(OC4CCN(C(=O)OC(C)(C)C)CC4)C3)c21. The molecule has 1 atom stereocenters. The van der Waals surface area contributed by atoms with Crippen molar-refractivity contribution < 1.29 is 23.9 Å². The summed E-state index contributed by atoms with van der Waals surface area (Å²) in [5.41, 5.74) is 1.90. The van der Waals surface area contributed by atoms with Crippen molar-refractivity contribution in [1.29, 1.82) is 0 Å². The van der Waals surface area contributed by atoms with Gasteiger partial charge in [0.1, 0.15) is 11.6 Å². The molecule has 3 heterocycles. The third-order valence-corrected chi connectivity index (χ3v) is 7.67. The number of benzene rings is 1. The van der Waals surface area contributed by atoms with E-state index in [-0.39, 0.29) is 42.2 Å². The zero-order valence-electron chi connectivity index (χ0n) is 22.0. The summed E-state index contributed by atoms with van der Waals surface area (Å²) in [5.74, 6) is -0.462. The number of rotatable bonds is 4. The Morgan fingerprint density at radius 1 is 1.03 bits per heavy atom. The Bertz CT molecular complexity index is 1270. The third kappa shape index (κ3) is 5.03. The van der Waals surface area contributed by atoms with Gasteiger partial charge in [0, 0.05) is 26.6 Å². The van der Waals surface area contributed by atoms with Crippen LogP contribution < -0.4 is 11.0 Å². The second kappa shape index (κ2) is 9.63. The van der Waals surface area contributed by atoms with Gasteiger partial charge in [-0.2, -0.15) is 0 Å². The molecule has 1 aromatic heterocycles. The average molecular weight is 513 g/mol. The van der Waals surface area contributed by atoms with Gasteiger partial charge in [0.15, 0.2) is 0 Å². The summed E-state index contributed by atoms with van der Waals surface area (Å²) < 4.78 is 15.0. The number of hydrogen-bond donors (Lipinski definition) is 1. The summed E-state index contributed by atoms with van der Waals surface area (Å²) in [6.07, 6.45) is 3.85. The fourth-order valence-electron chi connectivity index (χ4n) is 5.73. The molecule has 1 aromatic carbocycles. The first-order valence-corrected chi connectivity index (χ1v) is 13.2. The minimum absolute atomic E-state index is 0.124. The van der Waals surface area contributed by atoms with E-state index in [1.165, 1.54) is 4.57 Å². The van der Waals surface area contributed by atoms with Crippen LogP contribution in [0.1, 0.15) is 76.8 Å². The molecule has 200 valence electrons. The Hall–Kier alpha value is -3.14. The maximum atomic E-state index is 13.2. The Morgan fingerprint density at radius 2 is 1.73 bits per heavy atom. The number of imide groups is 1. The first-order chi connectivity index (χ1) is 17.5. The number of carbonyl (C=O) groups is 3. The van der Waals surface area contributed by atoms with E-state index in [1.807, 2.05) is 32.9 Å². The molecule has 3 fully saturated rings. The molecule has 0 bridgehead atoms. The summed E-state index contributed by atoms with van der Waals surface area (Å²) in [6.45, 7) is 6.87. The summed E-state index contributed by atoms with van der Waals surface area (Å²) >= 11 is 0. The lowest BCUT2D eigenvalue weighted by Gasteiger charge is -2.40. The number of hydrogen-bond acceptors (Lipinski definition) is 6. The Labute approximate surface area is 215 Å². The molecule has 37 heavy (non-hydrogen) atoms. The number of imidazole rings is 1. The van der Waals surface area contributed by atoms with Gasteiger partial charge in [-0.1, -0.05) is 12.1 Å². The standard InChI is InChI=1S/C27H36N4O6/c1-27(2,3)37-26(35)30-12-10-17(11-13-30)36-18-14-16(15-18)19-6-5-7-20-23(19)29(4)25(34)31(20)21-8-9-22(32)28-24(21)33/h5-7,16-18,21H,8-15H2,1-4H3,(H,28,32,33)/t16?,18?,21-/m1/s1. The maximum Gasteiger partial charge on any atom is 0.410 e.